The Morgan fingerprint density at radius 3 is 2.38 bits per heavy atom. The fraction of sp³-hybridized carbons (Fsp3) is 0. The minimum Gasteiger partial charge on any atom is -0.508 e. The zero-order valence-corrected chi connectivity index (χ0v) is 8.35. The number of carbonyl (C=O) groups excluding carboxylic acids is 1. The van der Waals surface area contributed by atoms with Gasteiger partial charge in [0.1, 0.15) is 11.6 Å². The molecule has 1 N–H and O–H groups in total. The molecule has 0 aliphatic heterocycles. The highest BCUT2D eigenvalue weighted by Crippen LogP contribution is 2.25. The highest BCUT2D eigenvalue weighted by molar-refractivity contribution is 5.87. The van der Waals surface area contributed by atoms with Crippen LogP contribution in [0.15, 0.2) is 42.5 Å². The fourth-order valence-electron chi connectivity index (χ4n) is 1.55. The number of hydrogen-bond donors (Lipinski definition) is 1. The van der Waals surface area contributed by atoms with Crippen LogP contribution < -0.4 is 0 Å². The molecular formula is C13H9FO2. The Hall–Kier alpha value is -2.16. The quantitative estimate of drug-likeness (QED) is 0.783. The van der Waals surface area contributed by atoms with Gasteiger partial charge in [-0.25, -0.2) is 4.39 Å². The summed E-state index contributed by atoms with van der Waals surface area (Å²) in [4.78, 5) is 10.8. The molecule has 0 fully saturated rings. The van der Waals surface area contributed by atoms with Crippen LogP contribution in [-0.4, -0.2) is 11.4 Å². The van der Waals surface area contributed by atoms with Crippen molar-refractivity contribution < 1.29 is 14.3 Å². The number of aromatic hydroxyl groups is 1. The molecule has 0 spiro atoms. The van der Waals surface area contributed by atoms with Gasteiger partial charge in [0.25, 0.3) is 0 Å². The maximum atomic E-state index is 13.3. The molecule has 0 unspecified atom stereocenters. The van der Waals surface area contributed by atoms with Crippen molar-refractivity contribution in [1.29, 1.82) is 0 Å². The fourth-order valence-corrected chi connectivity index (χ4v) is 1.55. The number of phenols is 1. The summed E-state index contributed by atoms with van der Waals surface area (Å²) in [7, 11) is 0. The van der Waals surface area contributed by atoms with E-state index in [1.807, 2.05) is 0 Å². The second kappa shape index (κ2) is 4.14. The lowest BCUT2D eigenvalue weighted by molar-refractivity contribution is 0.112. The predicted octanol–water partition coefficient (Wildman–Crippen LogP) is 3.01. The topological polar surface area (TPSA) is 37.3 Å². The Kier molecular flexibility index (Phi) is 2.68. The van der Waals surface area contributed by atoms with E-state index >= 15 is 0 Å². The van der Waals surface area contributed by atoms with Crippen LogP contribution in [0, 0.1) is 5.82 Å². The summed E-state index contributed by atoms with van der Waals surface area (Å²) in [5, 5.41) is 9.14. The summed E-state index contributed by atoms with van der Waals surface area (Å²) < 4.78 is 13.3. The van der Waals surface area contributed by atoms with Crippen molar-refractivity contribution in [3.05, 3.63) is 53.8 Å². The zero-order chi connectivity index (χ0) is 11.5. The molecule has 0 atom stereocenters. The average Bonchev–Trinajstić information content (AvgIpc) is 2.30. The molecule has 80 valence electrons. The van der Waals surface area contributed by atoms with Crippen LogP contribution in [0.3, 0.4) is 0 Å². The summed E-state index contributed by atoms with van der Waals surface area (Å²) in [6, 6.07) is 10.7. The highest BCUT2D eigenvalue weighted by atomic mass is 19.1. The molecule has 3 heteroatoms. The van der Waals surface area contributed by atoms with E-state index in [1.165, 1.54) is 18.2 Å². The van der Waals surface area contributed by atoms with Gasteiger partial charge in [0.15, 0.2) is 6.29 Å². The smallest absolute Gasteiger partial charge is 0.153 e. The first kappa shape index (κ1) is 10.4. The normalized spacial score (nSPS) is 10.1. The minimum absolute atomic E-state index is 0.0354. The van der Waals surface area contributed by atoms with Crippen molar-refractivity contribution >= 4 is 6.29 Å². The van der Waals surface area contributed by atoms with Gasteiger partial charge in [-0.15, -0.1) is 0 Å². The molecule has 2 rings (SSSR count). The Morgan fingerprint density at radius 2 is 1.75 bits per heavy atom. The number of benzene rings is 2. The third-order valence-electron chi connectivity index (χ3n) is 2.35. The van der Waals surface area contributed by atoms with Gasteiger partial charge in [-0.1, -0.05) is 24.3 Å². The molecular weight excluding hydrogens is 207 g/mol. The predicted molar refractivity (Wildman–Crippen MR) is 58.9 cm³/mol. The van der Waals surface area contributed by atoms with E-state index in [1.54, 1.807) is 24.3 Å². The molecule has 2 aromatic rings. The van der Waals surface area contributed by atoms with Crippen LogP contribution in [0.25, 0.3) is 11.1 Å². The van der Waals surface area contributed by atoms with Crippen molar-refractivity contribution in [2.45, 2.75) is 0 Å². The molecule has 0 aromatic heterocycles. The molecule has 0 heterocycles. The highest BCUT2D eigenvalue weighted by Gasteiger charge is 2.08. The second-order valence-electron chi connectivity index (χ2n) is 3.37. The minimum atomic E-state index is -0.541. The molecule has 2 aromatic carbocycles. The third-order valence-corrected chi connectivity index (χ3v) is 2.35. The van der Waals surface area contributed by atoms with Gasteiger partial charge in [-0.05, 0) is 29.3 Å². The number of carbonyl (C=O) groups is 1. The van der Waals surface area contributed by atoms with E-state index in [-0.39, 0.29) is 11.3 Å². The Morgan fingerprint density at radius 1 is 1.06 bits per heavy atom. The van der Waals surface area contributed by atoms with Crippen LogP contribution in [-0.2, 0) is 0 Å². The molecule has 2 nitrogen and oxygen atoms in total. The lowest BCUT2D eigenvalue weighted by Gasteiger charge is -2.05. The molecule has 0 amide bonds. The van der Waals surface area contributed by atoms with E-state index in [0.29, 0.717) is 17.4 Å². The van der Waals surface area contributed by atoms with Gasteiger partial charge in [0.2, 0.25) is 0 Å². The van der Waals surface area contributed by atoms with Gasteiger partial charge in [0, 0.05) is 0 Å². The van der Waals surface area contributed by atoms with Crippen molar-refractivity contribution in [3.8, 4) is 16.9 Å². The first-order valence-corrected chi connectivity index (χ1v) is 4.75. The Balaban J connectivity index is 2.59. The number of aldehydes is 1. The van der Waals surface area contributed by atoms with Crippen molar-refractivity contribution in [2.24, 2.45) is 0 Å². The zero-order valence-electron chi connectivity index (χ0n) is 8.35. The maximum Gasteiger partial charge on any atom is 0.153 e. The van der Waals surface area contributed by atoms with Crippen molar-refractivity contribution in [2.75, 3.05) is 0 Å². The van der Waals surface area contributed by atoms with Crippen LogP contribution in [0.1, 0.15) is 10.4 Å². The summed E-state index contributed by atoms with van der Waals surface area (Å²) >= 11 is 0. The van der Waals surface area contributed by atoms with Crippen LogP contribution in [0.4, 0.5) is 4.39 Å². The first-order chi connectivity index (χ1) is 7.72. The second-order valence-corrected chi connectivity index (χ2v) is 3.37. The molecule has 0 aliphatic carbocycles. The maximum absolute atomic E-state index is 13.3. The van der Waals surface area contributed by atoms with Gasteiger partial charge in [-0.3, -0.25) is 4.79 Å². The third kappa shape index (κ3) is 1.80. The summed E-state index contributed by atoms with van der Waals surface area (Å²) in [5.41, 5.74) is 1.25. The van der Waals surface area contributed by atoms with E-state index in [2.05, 4.69) is 0 Å². The molecule has 0 saturated carbocycles. The van der Waals surface area contributed by atoms with Gasteiger partial charge < -0.3 is 5.11 Å². The number of phenolic OH excluding ortho intramolecular Hbond substituents is 1. The van der Waals surface area contributed by atoms with E-state index in [9.17, 15) is 9.18 Å². The summed E-state index contributed by atoms with van der Waals surface area (Å²) in [6.45, 7) is 0. The van der Waals surface area contributed by atoms with Gasteiger partial charge in [0.05, 0.1) is 5.56 Å². The molecule has 0 saturated heterocycles. The lowest BCUT2D eigenvalue weighted by atomic mass is 10.00. The van der Waals surface area contributed by atoms with Gasteiger partial charge in [-0.2, -0.15) is 0 Å². The number of rotatable bonds is 2. The summed E-state index contributed by atoms with van der Waals surface area (Å²) in [6.07, 6.45) is 0.498. The van der Waals surface area contributed by atoms with Crippen LogP contribution in [0.2, 0.25) is 0 Å². The Labute approximate surface area is 92.0 Å². The molecule has 0 radical (unpaired) electrons. The SMILES string of the molecule is O=Cc1c(F)cccc1-c1ccc(O)cc1. The number of halogens is 1. The lowest BCUT2D eigenvalue weighted by Crippen LogP contribution is -1.91. The average molecular weight is 216 g/mol. The van der Waals surface area contributed by atoms with E-state index in [0.717, 1.165) is 0 Å². The van der Waals surface area contributed by atoms with Crippen LogP contribution >= 0.6 is 0 Å². The van der Waals surface area contributed by atoms with Crippen LogP contribution in [0.5, 0.6) is 5.75 Å². The largest absolute Gasteiger partial charge is 0.508 e. The molecule has 16 heavy (non-hydrogen) atoms. The molecule has 0 bridgehead atoms. The summed E-state index contributed by atoms with van der Waals surface area (Å²) in [5.74, 6) is -0.409. The number of hydrogen-bond acceptors (Lipinski definition) is 2. The van der Waals surface area contributed by atoms with Crippen molar-refractivity contribution in [1.82, 2.24) is 0 Å². The monoisotopic (exact) mass is 216 g/mol. The van der Waals surface area contributed by atoms with E-state index < -0.39 is 5.82 Å². The first-order valence-electron chi connectivity index (χ1n) is 4.75. The van der Waals surface area contributed by atoms with E-state index in [4.69, 9.17) is 5.11 Å². The van der Waals surface area contributed by atoms with Crippen molar-refractivity contribution in [3.63, 3.8) is 0 Å². The Bertz CT molecular complexity index is 518. The standard InChI is InChI=1S/C13H9FO2/c14-13-3-1-2-11(12(13)8-15)9-4-6-10(16)7-5-9/h1-8,16H. The molecule has 0 aliphatic rings. The van der Waals surface area contributed by atoms with Gasteiger partial charge >= 0.3 is 0 Å².